The van der Waals surface area contributed by atoms with Crippen LogP contribution in [0.3, 0.4) is 0 Å². The molecule has 2 amide bonds. The Labute approximate surface area is 240 Å². The van der Waals surface area contributed by atoms with Crippen molar-refractivity contribution < 1.29 is 9.90 Å². The number of carbonyl (C=O) groups is 1. The molecule has 0 radical (unpaired) electrons. The van der Waals surface area contributed by atoms with E-state index in [-0.39, 0.29) is 12.1 Å². The van der Waals surface area contributed by atoms with Crippen molar-refractivity contribution in [3.8, 4) is 0 Å². The Hall–Kier alpha value is -3.20. The minimum atomic E-state index is -1.33. The van der Waals surface area contributed by atoms with Gasteiger partial charge in [0, 0.05) is 50.5 Å². The van der Waals surface area contributed by atoms with Crippen molar-refractivity contribution in [2.24, 2.45) is 7.05 Å². The van der Waals surface area contributed by atoms with Gasteiger partial charge in [-0.2, -0.15) is 0 Å². The van der Waals surface area contributed by atoms with Crippen LogP contribution < -0.4 is 5.32 Å². The van der Waals surface area contributed by atoms with Gasteiger partial charge in [0.05, 0.1) is 30.0 Å². The number of imidazole rings is 1. The molecular formula is C31H37ClN6O2. The van der Waals surface area contributed by atoms with Crippen LogP contribution in [0.15, 0.2) is 49.1 Å². The molecular weight excluding hydrogens is 524 g/mol. The van der Waals surface area contributed by atoms with Gasteiger partial charge in [-0.25, -0.2) is 9.78 Å². The average molecular weight is 561 g/mol. The summed E-state index contributed by atoms with van der Waals surface area (Å²) in [7, 11) is 1.88. The Morgan fingerprint density at radius 2 is 1.90 bits per heavy atom. The van der Waals surface area contributed by atoms with E-state index in [9.17, 15) is 9.90 Å². The first-order valence-corrected chi connectivity index (χ1v) is 14.7. The minimum absolute atomic E-state index is 0.0503. The first-order chi connectivity index (χ1) is 19.3. The lowest BCUT2D eigenvalue weighted by Gasteiger charge is -2.40. The van der Waals surface area contributed by atoms with Gasteiger partial charge >= 0.3 is 6.03 Å². The van der Waals surface area contributed by atoms with Crippen molar-refractivity contribution in [2.75, 3.05) is 26.2 Å². The van der Waals surface area contributed by atoms with Gasteiger partial charge in [0.1, 0.15) is 5.60 Å². The quantitative estimate of drug-likeness (QED) is 0.470. The standard InChI is InChI=1S/C31H37ClN6O2/c1-31(40,27-19-33-20-36(27)2)26-17-21-7-6-12-34-28(21)29(24-11-10-22(32)18-25(24)26)37-13-15-38(16-14-37)30(39)35-23-8-4-3-5-9-23/h6-7,10-12,17-20,23,29,40H,3-5,8-9,13-16H2,1-2H3,(H,35,39)/t29-,31-/m0/s1. The number of benzene rings is 1. The molecule has 6 rings (SSSR count). The molecule has 0 bridgehead atoms. The van der Waals surface area contributed by atoms with Crippen molar-refractivity contribution in [3.63, 3.8) is 0 Å². The number of piperazine rings is 1. The number of aromatic nitrogens is 3. The molecule has 1 aromatic carbocycles. The molecule has 2 aromatic heterocycles. The van der Waals surface area contributed by atoms with Crippen molar-refractivity contribution >= 4 is 29.3 Å². The van der Waals surface area contributed by atoms with E-state index in [1.165, 1.54) is 19.3 Å². The van der Waals surface area contributed by atoms with Crippen LogP contribution in [-0.4, -0.2) is 67.7 Å². The maximum Gasteiger partial charge on any atom is 0.317 e. The van der Waals surface area contributed by atoms with Crippen molar-refractivity contribution in [1.82, 2.24) is 29.7 Å². The number of rotatable bonds is 4. The first kappa shape index (κ1) is 27.0. The minimum Gasteiger partial charge on any atom is -0.379 e. The van der Waals surface area contributed by atoms with Crippen LogP contribution in [-0.2, 0) is 12.6 Å². The lowest BCUT2D eigenvalue weighted by molar-refractivity contribution is 0.112. The van der Waals surface area contributed by atoms with Gasteiger partial charge < -0.3 is 19.9 Å². The fourth-order valence-electron chi connectivity index (χ4n) is 6.59. The number of fused-ring (bicyclic) bond motifs is 2. The van der Waals surface area contributed by atoms with Gasteiger partial charge in [0.2, 0.25) is 0 Å². The van der Waals surface area contributed by atoms with Crippen LogP contribution in [0.4, 0.5) is 4.79 Å². The number of amides is 2. The molecule has 0 unspecified atom stereocenters. The number of aryl methyl sites for hydroxylation is 1. The van der Waals surface area contributed by atoms with E-state index >= 15 is 0 Å². The summed E-state index contributed by atoms with van der Waals surface area (Å²) in [5.74, 6) is 0. The molecule has 2 fully saturated rings. The van der Waals surface area contributed by atoms with Gasteiger partial charge in [-0.3, -0.25) is 9.88 Å². The van der Waals surface area contributed by atoms with E-state index < -0.39 is 5.60 Å². The molecule has 0 spiro atoms. The third kappa shape index (κ3) is 5.04. The second-order valence-corrected chi connectivity index (χ2v) is 11.9. The normalized spacial score (nSPS) is 21.6. The van der Waals surface area contributed by atoms with Crippen molar-refractivity contribution in [1.29, 1.82) is 0 Å². The summed E-state index contributed by atoms with van der Waals surface area (Å²) >= 11 is 6.57. The highest BCUT2D eigenvalue weighted by atomic mass is 35.5. The fraction of sp³-hybridized carbons (Fsp3) is 0.452. The zero-order valence-electron chi connectivity index (χ0n) is 23.2. The van der Waals surface area contributed by atoms with Crippen molar-refractivity contribution in [3.05, 3.63) is 82.2 Å². The molecule has 3 aromatic rings. The molecule has 1 saturated heterocycles. The predicted octanol–water partition coefficient (Wildman–Crippen LogP) is 4.98. The lowest BCUT2D eigenvalue weighted by atomic mass is 9.84. The molecule has 2 N–H and O–H groups in total. The van der Waals surface area contributed by atoms with E-state index in [2.05, 4.69) is 27.3 Å². The summed E-state index contributed by atoms with van der Waals surface area (Å²) in [4.78, 5) is 26.5. The summed E-state index contributed by atoms with van der Waals surface area (Å²) in [6.45, 7) is 4.53. The highest BCUT2D eigenvalue weighted by Crippen LogP contribution is 2.46. The van der Waals surface area contributed by atoms with Gasteiger partial charge in [0.25, 0.3) is 0 Å². The SMILES string of the molecule is Cn1cncc1[C@@](C)(O)C1=Cc2cccnc2[C@@H](N2CCN(C(=O)NC3CCCCC3)CC2)c2ccc(Cl)cc21. The van der Waals surface area contributed by atoms with Crippen LogP contribution in [0.1, 0.15) is 73.1 Å². The summed E-state index contributed by atoms with van der Waals surface area (Å²) in [5.41, 5.74) is 3.91. The number of aliphatic hydroxyl groups is 1. The number of halogens is 1. The molecule has 8 nitrogen and oxygen atoms in total. The van der Waals surface area contributed by atoms with Crippen molar-refractivity contribution in [2.45, 2.75) is 56.7 Å². The maximum absolute atomic E-state index is 13.1. The van der Waals surface area contributed by atoms with E-state index in [1.807, 2.05) is 47.0 Å². The van der Waals surface area contributed by atoms with Crippen LogP contribution >= 0.6 is 11.6 Å². The third-order valence-electron chi connectivity index (χ3n) is 8.77. The highest BCUT2D eigenvalue weighted by Gasteiger charge is 2.39. The number of hydrogen-bond acceptors (Lipinski definition) is 5. The number of carbonyl (C=O) groups excluding carboxylic acids is 1. The van der Waals surface area contributed by atoms with E-state index in [0.29, 0.717) is 42.9 Å². The van der Waals surface area contributed by atoms with Crippen LogP contribution in [0.5, 0.6) is 0 Å². The second-order valence-electron chi connectivity index (χ2n) is 11.4. The maximum atomic E-state index is 13.1. The van der Waals surface area contributed by atoms with Crippen LogP contribution in [0.25, 0.3) is 11.6 Å². The molecule has 2 atom stereocenters. The first-order valence-electron chi connectivity index (χ1n) is 14.3. The summed E-state index contributed by atoms with van der Waals surface area (Å²) in [6.07, 6.45) is 13.1. The Kier molecular flexibility index (Phi) is 7.42. The Balaban J connectivity index is 1.33. The fourth-order valence-corrected chi connectivity index (χ4v) is 6.77. The second kappa shape index (κ2) is 11.0. The van der Waals surface area contributed by atoms with Gasteiger partial charge in [-0.15, -0.1) is 0 Å². The molecule has 210 valence electrons. The van der Waals surface area contributed by atoms with E-state index in [0.717, 1.165) is 40.8 Å². The number of hydrogen-bond donors (Lipinski definition) is 2. The van der Waals surface area contributed by atoms with Gasteiger partial charge in [-0.1, -0.05) is 43.0 Å². The molecule has 2 aliphatic carbocycles. The average Bonchev–Trinajstić information content (AvgIpc) is 3.34. The predicted molar refractivity (Wildman–Crippen MR) is 157 cm³/mol. The van der Waals surface area contributed by atoms with Crippen LogP contribution in [0, 0.1) is 0 Å². The number of urea groups is 1. The molecule has 1 aliphatic heterocycles. The zero-order chi connectivity index (χ0) is 27.9. The molecule has 3 heterocycles. The number of nitrogens with one attached hydrogen (secondary N) is 1. The van der Waals surface area contributed by atoms with Gasteiger partial charge in [0.15, 0.2) is 0 Å². The highest BCUT2D eigenvalue weighted by molar-refractivity contribution is 6.30. The monoisotopic (exact) mass is 560 g/mol. The topological polar surface area (TPSA) is 86.5 Å². The zero-order valence-corrected chi connectivity index (χ0v) is 23.9. The number of nitrogens with zero attached hydrogens (tertiary/aromatic N) is 5. The molecule has 1 saturated carbocycles. The summed E-state index contributed by atoms with van der Waals surface area (Å²) < 4.78 is 1.84. The van der Waals surface area contributed by atoms with Crippen LogP contribution in [0.2, 0.25) is 5.02 Å². The smallest absolute Gasteiger partial charge is 0.317 e. The molecule has 40 heavy (non-hydrogen) atoms. The molecule has 3 aliphatic rings. The largest absolute Gasteiger partial charge is 0.379 e. The Bertz CT molecular complexity index is 1420. The Morgan fingerprint density at radius 1 is 1.12 bits per heavy atom. The van der Waals surface area contributed by atoms with E-state index in [4.69, 9.17) is 16.6 Å². The summed E-state index contributed by atoms with van der Waals surface area (Å²) in [6, 6.07) is 10.1. The third-order valence-corrected chi connectivity index (χ3v) is 9.00. The van der Waals surface area contributed by atoms with E-state index in [1.54, 1.807) is 19.4 Å². The summed E-state index contributed by atoms with van der Waals surface area (Å²) in [5, 5.41) is 15.9. The lowest BCUT2D eigenvalue weighted by Crippen LogP contribution is -2.54. The Morgan fingerprint density at radius 3 is 2.62 bits per heavy atom. The number of pyridine rings is 1. The molecule has 9 heteroatoms. The van der Waals surface area contributed by atoms with Gasteiger partial charge in [-0.05, 0) is 66.3 Å².